The van der Waals surface area contributed by atoms with E-state index in [1.807, 2.05) is 55.5 Å². The average Bonchev–Trinajstić information content (AvgIpc) is 2.70. The zero-order valence-electron chi connectivity index (χ0n) is 15.5. The van der Waals surface area contributed by atoms with Crippen LogP contribution >= 0.6 is 12.2 Å². The second-order valence-electron chi connectivity index (χ2n) is 5.98. The number of rotatable bonds is 5. The number of nitrogens with one attached hydrogen (secondary N) is 3. The molecule has 0 aliphatic carbocycles. The first-order valence-electron chi connectivity index (χ1n) is 8.65. The molecule has 0 spiro atoms. The van der Waals surface area contributed by atoms with Crippen LogP contribution in [0.2, 0.25) is 0 Å². The number of amides is 1. The van der Waals surface area contributed by atoms with Crippen LogP contribution in [0.5, 0.6) is 11.5 Å². The minimum Gasteiger partial charge on any atom is -0.457 e. The van der Waals surface area contributed by atoms with Crippen molar-refractivity contribution in [3.8, 4) is 11.5 Å². The quantitative estimate of drug-likeness (QED) is 0.561. The molecule has 142 valence electrons. The number of aromatic nitrogens is 1. The number of benzene rings is 2. The Balaban J connectivity index is 1.67. The summed E-state index contributed by atoms with van der Waals surface area (Å²) in [6, 6.07) is 18.6. The summed E-state index contributed by atoms with van der Waals surface area (Å²) in [5, 5.41) is 9.37. The summed E-state index contributed by atoms with van der Waals surface area (Å²) >= 11 is 5.37. The molecule has 0 aliphatic heterocycles. The molecule has 1 amide bonds. The Morgan fingerprint density at radius 1 is 1.00 bits per heavy atom. The number of anilines is 2. The molecule has 7 heteroatoms. The lowest BCUT2D eigenvalue weighted by atomic mass is 10.2. The molecule has 6 nitrogen and oxygen atoms in total. The van der Waals surface area contributed by atoms with Gasteiger partial charge in [-0.2, -0.15) is 0 Å². The Hall–Kier alpha value is -3.45. The van der Waals surface area contributed by atoms with E-state index in [1.54, 1.807) is 19.2 Å². The SMILES string of the molecule is CNC(=O)c1cc(Oc2ccc(NC(=S)Nc3ccccc3)c(C)c2)ccn1. The van der Waals surface area contributed by atoms with Gasteiger partial charge in [0.15, 0.2) is 5.11 Å². The number of hydrogen-bond acceptors (Lipinski definition) is 4. The molecule has 3 N–H and O–H groups in total. The van der Waals surface area contributed by atoms with E-state index in [9.17, 15) is 4.79 Å². The van der Waals surface area contributed by atoms with E-state index >= 15 is 0 Å². The lowest BCUT2D eigenvalue weighted by Gasteiger charge is -2.14. The minimum atomic E-state index is -0.263. The number of carbonyl (C=O) groups excluding carboxylic acids is 1. The first-order chi connectivity index (χ1) is 13.5. The standard InChI is InChI=1S/C21H20N4O2S/c1-14-12-16(27-17-10-11-23-19(13-17)20(26)22-2)8-9-18(14)25-21(28)24-15-6-4-3-5-7-15/h3-13H,1-2H3,(H,22,26)(H2,24,25,28). The molecular weight excluding hydrogens is 372 g/mol. The molecule has 0 saturated carbocycles. The van der Waals surface area contributed by atoms with E-state index < -0.39 is 0 Å². The Morgan fingerprint density at radius 2 is 1.75 bits per heavy atom. The van der Waals surface area contributed by atoms with Gasteiger partial charge < -0.3 is 20.7 Å². The zero-order chi connectivity index (χ0) is 19.9. The fourth-order valence-electron chi connectivity index (χ4n) is 2.51. The molecule has 3 aromatic rings. The largest absolute Gasteiger partial charge is 0.457 e. The van der Waals surface area contributed by atoms with Gasteiger partial charge in [0.1, 0.15) is 17.2 Å². The van der Waals surface area contributed by atoms with Gasteiger partial charge in [-0.05, 0) is 61.1 Å². The minimum absolute atomic E-state index is 0.263. The monoisotopic (exact) mass is 392 g/mol. The second-order valence-corrected chi connectivity index (χ2v) is 6.39. The van der Waals surface area contributed by atoms with Gasteiger partial charge in [-0.15, -0.1) is 0 Å². The lowest BCUT2D eigenvalue weighted by molar-refractivity contribution is 0.0958. The summed E-state index contributed by atoms with van der Waals surface area (Å²) in [6.07, 6.45) is 1.54. The lowest BCUT2D eigenvalue weighted by Crippen LogP contribution is -2.19. The van der Waals surface area contributed by atoms with Gasteiger partial charge >= 0.3 is 0 Å². The molecule has 0 unspecified atom stereocenters. The molecule has 0 fully saturated rings. The second kappa shape index (κ2) is 8.96. The van der Waals surface area contributed by atoms with Crippen LogP contribution in [0.3, 0.4) is 0 Å². The molecule has 0 atom stereocenters. The molecule has 0 radical (unpaired) electrons. The highest BCUT2D eigenvalue weighted by Crippen LogP contribution is 2.26. The summed E-state index contributed by atoms with van der Waals surface area (Å²) in [4.78, 5) is 15.7. The van der Waals surface area contributed by atoms with E-state index in [0.717, 1.165) is 16.9 Å². The predicted octanol–water partition coefficient (Wildman–Crippen LogP) is 4.35. The molecule has 0 bridgehead atoms. The van der Waals surface area contributed by atoms with Crippen LogP contribution in [0.15, 0.2) is 66.9 Å². The summed E-state index contributed by atoms with van der Waals surface area (Å²) in [6.45, 7) is 1.96. The van der Waals surface area contributed by atoms with Crippen molar-refractivity contribution in [1.29, 1.82) is 0 Å². The van der Waals surface area contributed by atoms with Crippen molar-refractivity contribution in [1.82, 2.24) is 10.3 Å². The predicted molar refractivity (Wildman–Crippen MR) is 115 cm³/mol. The zero-order valence-corrected chi connectivity index (χ0v) is 16.3. The van der Waals surface area contributed by atoms with Gasteiger partial charge in [-0.25, -0.2) is 0 Å². The smallest absolute Gasteiger partial charge is 0.269 e. The van der Waals surface area contributed by atoms with Crippen LogP contribution in [-0.2, 0) is 0 Å². The summed E-state index contributed by atoms with van der Waals surface area (Å²) in [7, 11) is 1.56. The fraction of sp³-hybridized carbons (Fsp3) is 0.0952. The molecule has 1 heterocycles. The number of nitrogens with zero attached hydrogens (tertiary/aromatic N) is 1. The van der Waals surface area contributed by atoms with Crippen LogP contribution in [-0.4, -0.2) is 23.1 Å². The third-order valence-corrected chi connectivity index (χ3v) is 4.11. The third kappa shape index (κ3) is 5.05. The van der Waals surface area contributed by atoms with Crippen LogP contribution in [0.1, 0.15) is 16.1 Å². The molecule has 0 aliphatic rings. The van der Waals surface area contributed by atoms with Gasteiger partial charge in [-0.1, -0.05) is 18.2 Å². The number of pyridine rings is 1. The first kappa shape index (κ1) is 19.3. The average molecular weight is 392 g/mol. The van der Waals surface area contributed by atoms with Gasteiger partial charge in [-0.3, -0.25) is 9.78 Å². The number of thiocarbonyl (C=S) groups is 1. The molecule has 3 rings (SSSR count). The van der Waals surface area contributed by atoms with Crippen LogP contribution in [0.4, 0.5) is 11.4 Å². The van der Waals surface area contributed by atoms with Crippen molar-refractivity contribution in [2.24, 2.45) is 0 Å². The third-order valence-electron chi connectivity index (χ3n) is 3.90. The maximum Gasteiger partial charge on any atom is 0.269 e. The Morgan fingerprint density at radius 3 is 2.46 bits per heavy atom. The van der Waals surface area contributed by atoms with Crippen molar-refractivity contribution in [2.75, 3.05) is 17.7 Å². The van der Waals surface area contributed by atoms with Crippen LogP contribution in [0, 0.1) is 6.92 Å². The highest BCUT2D eigenvalue weighted by atomic mass is 32.1. The van der Waals surface area contributed by atoms with Gasteiger partial charge in [0.2, 0.25) is 0 Å². The molecule has 0 saturated heterocycles. The first-order valence-corrected chi connectivity index (χ1v) is 9.05. The Kier molecular flexibility index (Phi) is 6.18. The topological polar surface area (TPSA) is 75.3 Å². The van der Waals surface area contributed by atoms with E-state index in [0.29, 0.717) is 22.3 Å². The van der Waals surface area contributed by atoms with Crippen LogP contribution < -0.4 is 20.7 Å². The highest BCUT2D eigenvalue weighted by Gasteiger charge is 2.08. The van der Waals surface area contributed by atoms with Gasteiger partial charge in [0.25, 0.3) is 5.91 Å². The van der Waals surface area contributed by atoms with Crippen molar-refractivity contribution in [3.05, 3.63) is 78.1 Å². The fourth-order valence-corrected chi connectivity index (χ4v) is 2.74. The van der Waals surface area contributed by atoms with E-state index in [1.165, 1.54) is 6.20 Å². The van der Waals surface area contributed by atoms with Gasteiger partial charge in [0, 0.05) is 30.7 Å². The summed E-state index contributed by atoms with van der Waals surface area (Å²) < 4.78 is 5.85. The van der Waals surface area contributed by atoms with E-state index in [-0.39, 0.29) is 5.91 Å². The Bertz CT molecular complexity index is 993. The molecule has 28 heavy (non-hydrogen) atoms. The molecular formula is C21H20N4O2S. The highest BCUT2D eigenvalue weighted by molar-refractivity contribution is 7.80. The number of ether oxygens (including phenoxy) is 1. The van der Waals surface area contributed by atoms with Crippen molar-refractivity contribution in [2.45, 2.75) is 6.92 Å². The summed E-state index contributed by atoms with van der Waals surface area (Å²) in [5.41, 5.74) is 3.06. The van der Waals surface area contributed by atoms with Crippen LogP contribution in [0.25, 0.3) is 0 Å². The molecule has 1 aromatic heterocycles. The normalized spacial score (nSPS) is 10.1. The van der Waals surface area contributed by atoms with E-state index in [2.05, 4.69) is 20.9 Å². The van der Waals surface area contributed by atoms with Crippen molar-refractivity contribution >= 4 is 34.6 Å². The van der Waals surface area contributed by atoms with Crippen molar-refractivity contribution < 1.29 is 9.53 Å². The van der Waals surface area contributed by atoms with E-state index in [4.69, 9.17) is 17.0 Å². The number of para-hydroxylation sites is 1. The Labute approximate surface area is 169 Å². The van der Waals surface area contributed by atoms with Gasteiger partial charge in [0.05, 0.1) is 0 Å². The van der Waals surface area contributed by atoms with Crippen molar-refractivity contribution in [3.63, 3.8) is 0 Å². The number of aryl methyl sites for hydroxylation is 1. The maximum absolute atomic E-state index is 11.7. The molecule has 2 aromatic carbocycles. The maximum atomic E-state index is 11.7. The number of carbonyl (C=O) groups is 1. The summed E-state index contributed by atoms with van der Waals surface area (Å²) in [5.74, 6) is 0.926. The number of hydrogen-bond donors (Lipinski definition) is 3.